The Bertz CT molecular complexity index is 2310. The zero-order valence-electron chi connectivity index (χ0n) is 24.5. The molecule has 4 heteroatoms. The minimum absolute atomic E-state index is 0.841. The van der Waals surface area contributed by atoms with Crippen molar-refractivity contribution in [2.75, 3.05) is 0 Å². The molecule has 2 N–H and O–H groups in total. The van der Waals surface area contributed by atoms with E-state index in [0.717, 1.165) is 83.8 Å². The third-order valence-electron chi connectivity index (χ3n) is 8.23. The van der Waals surface area contributed by atoms with Gasteiger partial charge < -0.3 is 9.97 Å². The molecular formula is C41H28N4. The fraction of sp³-hybridized carbons (Fsp3) is 0. The molecule has 5 heterocycles. The summed E-state index contributed by atoms with van der Waals surface area (Å²) in [4.78, 5) is 17.9. The fourth-order valence-corrected chi connectivity index (χ4v) is 6.21. The molecule has 0 aliphatic carbocycles. The van der Waals surface area contributed by atoms with E-state index in [1.807, 2.05) is 24.3 Å². The van der Waals surface area contributed by atoms with Crippen molar-refractivity contribution in [3.8, 4) is 33.4 Å². The first-order valence-corrected chi connectivity index (χ1v) is 15.0. The molecule has 0 spiro atoms. The Kier molecular flexibility index (Phi) is 6.53. The molecule has 2 aliphatic rings. The van der Waals surface area contributed by atoms with Crippen LogP contribution in [-0.4, -0.2) is 19.9 Å². The summed E-state index contributed by atoms with van der Waals surface area (Å²) in [6, 6.07) is 39.8. The number of hydrogen-bond donors (Lipinski definition) is 2. The second-order valence-corrected chi connectivity index (χ2v) is 11.0. The van der Waals surface area contributed by atoms with E-state index in [4.69, 9.17) is 9.97 Å². The summed E-state index contributed by atoms with van der Waals surface area (Å²) >= 11 is 0. The molecule has 0 atom stereocenters. The minimum Gasteiger partial charge on any atom is -0.354 e. The Balaban J connectivity index is 1.58. The number of H-pyrrole nitrogens is 2. The van der Waals surface area contributed by atoms with Crippen LogP contribution in [0.4, 0.5) is 0 Å². The van der Waals surface area contributed by atoms with E-state index in [-0.39, 0.29) is 0 Å². The molecule has 6 aromatic rings. The third kappa shape index (κ3) is 4.76. The van der Waals surface area contributed by atoms with Gasteiger partial charge in [0.15, 0.2) is 0 Å². The molecule has 8 bridgehead atoms. The van der Waals surface area contributed by atoms with E-state index in [0.29, 0.717) is 0 Å². The van der Waals surface area contributed by atoms with E-state index in [1.165, 1.54) is 0 Å². The first-order valence-electron chi connectivity index (χ1n) is 15.0. The van der Waals surface area contributed by atoms with Crippen LogP contribution in [0.25, 0.3) is 85.8 Å². The summed E-state index contributed by atoms with van der Waals surface area (Å²) in [7, 11) is 0. The van der Waals surface area contributed by atoms with Crippen molar-refractivity contribution in [3.63, 3.8) is 0 Å². The molecule has 2 aliphatic heterocycles. The van der Waals surface area contributed by atoms with Crippen molar-refractivity contribution in [2.45, 2.75) is 0 Å². The van der Waals surface area contributed by atoms with Gasteiger partial charge in [-0.2, -0.15) is 0 Å². The molecule has 4 nitrogen and oxygen atoms in total. The van der Waals surface area contributed by atoms with Gasteiger partial charge in [-0.25, -0.2) is 9.97 Å². The average molecular weight is 577 g/mol. The van der Waals surface area contributed by atoms with Crippen molar-refractivity contribution >= 4 is 52.4 Å². The molecule has 0 saturated carbocycles. The van der Waals surface area contributed by atoms with E-state index in [9.17, 15) is 0 Å². The van der Waals surface area contributed by atoms with Crippen LogP contribution in [0.15, 0.2) is 128 Å². The van der Waals surface area contributed by atoms with Crippen LogP contribution in [0, 0.1) is 0 Å². The Morgan fingerprint density at radius 1 is 0.444 bits per heavy atom. The lowest BCUT2D eigenvalue weighted by molar-refractivity contribution is 1.30. The maximum Gasteiger partial charge on any atom is 0.0737 e. The Hall–Kier alpha value is -6.22. The number of rotatable bonds is 4. The van der Waals surface area contributed by atoms with Gasteiger partial charge in [-0.1, -0.05) is 97.6 Å². The highest BCUT2D eigenvalue weighted by Gasteiger charge is 2.17. The Morgan fingerprint density at radius 2 is 0.800 bits per heavy atom. The molecule has 0 unspecified atom stereocenters. The summed E-state index contributed by atoms with van der Waals surface area (Å²) in [5.41, 5.74) is 17.6. The predicted octanol–water partition coefficient (Wildman–Crippen LogP) is 10.5. The van der Waals surface area contributed by atoms with Crippen LogP contribution in [-0.2, 0) is 0 Å². The first-order chi connectivity index (χ1) is 22.3. The molecule has 3 aromatic carbocycles. The highest BCUT2D eigenvalue weighted by Crippen LogP contribution is 2.36. The van der Waals surface area contributed by atoms with Crippen LogP contribution in [0.2, 0.25) is 0 Å². The van der Waals surface area contributed by atoms with Gasteiger partial charge in [-0.05, 0) is 71.3 Å². The molecule has 0 fully saturated rings. The van der Waals surface area contributed by atoms with E-state index >= 15 is 0 Å². The largest absolute Gasteiger partial charge is 0.354 e. The van der Waals surface area contributed by atoms with E-state index in [1.54, 1.807) is 0 Å². The molecular weight excluding hydrogens is 548 g/mol. The third-order valence-corrected chi connectivity index (χ3v) is 8.23. The van der Waals surface area contributed by atoms with Gasteiger partial charge in [0.2, 0.25) is 0 Å². The van der Waals surface area contributed by atoms with E-state index in [2.05, 4.69) is 144 Å². The Labute approximate surface area is 261 Å². The molecule has 8 rings (SSSR count). The standard InChI is InChI=1S/C41H28N4/c1-2-12-30-31-19-21-33(42-31)39(27-13-6-3-7-14-27)35-23-25-37(44-35)41(29-17-10-5-11-18-29)38-26-24-36(45-38)40(28-15-8-4-9-16-28)34-22-20-32(30)43-34/h3-26,42,45H,1H2. The lowest BCUT2D eigenvalue weighted by Crippen LogP contribution is -1.89. The summed E-state index contributed by atoms with van der Waals surface area (Å²) in [6.45, 7) is 3.89. The number of aromatic nitrogens is 4. The number of nitrogens with zero attached hydrogens (tertiary/aromatic N) is 2. The number of aromatic amines is 2. The normalized spacial score (nSPS) is 11.8. The van der Waals surface area contributed by atoms with Crippen molar-refractivity contribution in [1.82, 2.24) is 19.9 Å². The van der Waals surface area contributed by atoms with Gasteiger partial charge in [0, 0.05) is 44.3 Å². The quantitative estimate of drug-likeness (QED) is 0.205. The average Bonchev–Trinajstić information content (AvgIpc) is 3.92. The van der Waals surface area contributed by atoms with Crippen LogP contribution < -0.4 is 0 Å². The maximum absolute atomic E-state index is 5.30. The summed E-state index contributed by atoms with van der Waals surface area (Å²) in [5, 5.41) is 0. The molecule has 0 radical (unpaired) electrons. The van der Waals surface area contributed by atoms with Gasteiger partial charge in [0.1, 0.15) is 0 Å². The number of benzene rings is 3. The summed E-state index contributed by atoms with van der Waals surface area (Å²) in [5.74, 6) is 0. The van der Waals surface area contributed by atoms with Gasteiger partial charge in [-0.15, -0.1) is 5.73 Å². The van der Waals surface area contributed by atoms with Crippen LogP contribution in [0.3, 0.4) is 0 Å². The zero-order chi connectivity index (χ0) is 30.2. The highest BCUT2D eigenvalue weighted by atomic mass is 14.8. The Morgan fingerprint density at radius 3 is 1.22 bits per heavy atom. The SMILES string of the molecule is C=C=Cc1c2nc(c(-c3ccccc3)c3ccc([nH]3)c(-c3ccccc3)c3nc(c(-c4ccccc4)c4ccc1[nH]4)C=C3)C=C2. The van der Waals surface area contributed by atoms with E-state index < -0.39 is 0 Å². The molecule has 212 valence electrons. The number of fused-ring (bicyclic) bond motifs is 8. The monoisotopic (exact) mass is 576 g/mol. The van der Waals surface area contributed by atoms with Crippen molar-refractivity contribution < 1.29 is 0 Å². The fourth-order valence-electron chi connectivity index (χ4n) is 6.21. The second-order valence-electron chi connectivity index (χ2n) is 11.0. The van der Waals surface area contributed by atoms with Crippen molar-refractivity contribution in [3.05, 3.63) is 156 Å². The second kappa shape index (κ2) is 11.1. The maximum atomic E-state index is 5.30. The smallest absolute Gasteiger partial charge is 0.0737 e. The molecule has 3 aromatic heterocycles. The molecule has 0 amide bonds. The van der Waals surface area contributed by atoms with Gasteiger partial charge in [-0.3, -0.25) is 0 Å². The van der Waals surface area contributed by atoms with Gasteiger partial charge >= 0.3 is 0 Å². The predicted molar refractivity (Wildman–Crippen MR) is 189 cm³/mol. The van der Waals surface area contributed by atoms with Gasteiger partial charge in [0.25, 0.3) is 0 Å². The van der Waals surface area contributed by atoms with Crippen LogP contribution in [0.1, 0.15) is 28.3 Å². The lowest BCUT2D eigenvalue weighted by atomic mass is 10.0. The number of nitrogens with one attached hydrogen (secondary N) is 2. The minimum atomic E-state index is 0.841. The van der Waals surface area contributed by atoms with Crippen LogP contribution >= 0.6 is 0 Å². The highest BCUT2D eigenvalue weighted by molar-refractivity contribution is 5.98. The van der Waals surface area contributed by atoms with Crippen LogP contribution in [0.5, 0.6) is 0 Å². The summed E-state index contributed by atoms with van der Waals surface area (Å²) in [6.07, 6.45) is 10.3. The molecule has 45 heavy (non-hydrogen) atoms. The van der Waals surface area contributed by atoms with Crippen molar-refractivity contribution in [2.24, 2.45) is 0 Å². The molecule has 0 saturated heterocycles. The topological polar surface area (TPSA) is 57.4 Å². The van der Waals surface area contributed by atoms with Crippen molar-refractivity contribution in [1.29, 1.82) is 0 Å². The van der Waals surface area contributed by atoms with Gasteiger partial charge in [0.05, 0.1) is 22.8 Å². The lowest BCUT2D eigenvalue weighted by Gasteiger charge is -2.06. The summed E-state index contributed by atoms with van der Waals surface area (Å²) < 4.78 is 0. The zero-order valence-corrected chi connectivity index (χ0v) is 24.5. The number of hydrogen-bond acceptors (Lipinski definition) is 2. The first kappa shape index (κ1) is 26.4.